The van der Waals surface area contributed by atoms with Crippen LogP contribution in [-0.2, 0) is 16.6 Å². The van der Waals surface area contributed by atoms with Crippen molar-refractivity contribution >= 4 is 28.4 Å². The summed E-state index contributed by atoms with van der Waals surface area (Å²) in [6.07, 6.45) is 3.04. The van der Waals surface area contributed by atoms with Crippen LogP contribution in [0.3, 0.4) is 0 Å². The molecule has 1 aliphatic rings. The summed E-state index contributed by atoms with van der Waals surface area (Å²) in [6.45, 7) is 0.486. The van der Waals surface area contributed by atoms with Crippen LogP contribution in [0, 0.1) is 5.82 Å². The molecule has 2 aromatic heterocycles. The van der Waals surface area contributed by atoms with Crippen LogP contribution in [0.5, 0.6) is 0 Å². The molecule has 1 aliphatic heterocycles. The van der Waals surface area contributed by atoms with E-state index in [1.165, 1.54) is 39.8 Å². The Morgan fingerprint density at radius 3 is 2.43 bits per heavy atom. The number of halogens is 3. The van der Waals surface area contributed by atoms with E-state index < -0.39 is 29.7 Å². The summed E-state index contributed by atoms with van der Waals surface area (Å²) >= 11 is 0. The number of hydrogen-bond donors (Lipinski definition) is 1. The van der Waals surface area contributed by atoms with Gasteiger partial charge in [-0.05, 0) is 42.0 Å². The predicted octanol–water partition coefficient (Wildman–Crippen LogP) is 3.48. The molecule has 0 radical (unpaired) electrons. The molecule has 190 valence electrons. The highest BCUT2D eigenvalue weighted by atomic mass is 19.3. The van der Waals surface area contributed by atoms with Gasteiger partial charge in [-0.15, -0.1) is 0 Å². The van der Waals surface area contributed by atoms with Gasteiger partial charge in [-0.2, -0.15) is 13.9 Å². The molecule has 2 aromatic carbocycles. The SMILES string of the molecule is Cn1cc(-n2ncc3cc(N4C(=O)C[C@H](NC(=O)C(C)(F)F)[C@H]4c4ccc(F)cc4)ccc32)ccc1=O. The first-order valence-corrected chi connectivity index (χ1v) is 11.4. The lowest BCUT2D eigenvalue weighted by atomic mass is 9.99. The van der Waals surface area contributed by atoms with Crippen molar-refractivity contribution in [2.24, 2.45) is 7.05 Å². The van der Waals surface area contributed by atoms with E-state index in [4.69, 9.17) is 0 Å². The zero-order valence-electron chi connectivity index (χ0n) is 19.9. The van der Waals surface area contributed by atoms with E-state index in [1.807, 2.05) is 0 Å². The van der Waals surface area contributed by atoms with Gasteiger partial charge in [0.15, 0.2) is 0 Å². The number of anilines is 1. The lowest BCUT2D eigenvalue weighted by molar-refractivity contribution is -0.143. The number of amides is 2. The molecule has 2 atom stereocenters. The van der Waals surface area contributed by atoms with Gasteiger partial charge in [0.05, 0.1) is 29.5 Å². The molecule has 8 nitrogen and oxygen atoms in total. The minimum atomic E-state index is -3.63. The number of rotatable bonds is 5. The van der Waals surface area contributed by atoms with Gasteiger partial charge in [-0.3, -0.25) is 14.4 Å². The monoisotopic (exact) mass is 509 g/mol. The highest BCUT2D eigenvalue weighted by Crippen LogP contribution is 2.39. The van der Waals surface area contributed by atoms with Crippen molar-refractivity contribution in [2.45, 2.75) is 31.4 Å². The molecule has 1 saturated heterocycles. The molecule has 1 fully saturated rings. The van der Waals surface area contributed by atoms with Gasteiger partial charge >= 0.3 is 5.92 Å². The fourth-order valence-corrected chi connectivity index (χ4v) is 4.58. The number of benzene rings is 2. The van der Waals surface area contributed by atoms with Crippen molar-refractivity contribution in [1.29, 1.82) is 0 Å². The average Bonchev–Trinajstić information content (AvgIpc) is 3.41. The largest absolute Gasteiger partial charge is 0.345 e. The topological polar surface area (TPSA) is 89.2 Å². The lowest BCUT2D eigenvalue weighted by Crippen LogP contribution is -2.46. The number of carbonyl (C=O) groups excluding carboxylic acids is 2. The van der Waals surface area contributed by atoms with E-state index in [2.05, 4.69) is 10.4 Å². The third kappa shape index (κ3) is 4.48. The number of hydrogen-bond acceptors (Lipinski definition) is 4. The molecule has 5 rings (SSSR count). The molecule has 1 N–H and O–H groups in total. The van der Waals surface area contributed by atoms with E-state index in [-0.39, 0.29) is 17.9 Å². The fraction of sp³-hybridized carbons (Fsp3) is 0.231. The second-order valence-electron chi connectivity index (χ2n) is 9.07. The minimum Gasteiger partial charge on any atom is -0.345 e. The number of alkyl halides is 2. The Balaban J connectivity index is 1.55. The molecule has 0 unspecified atom stereocenters. The molecule has 2 amide bonds. The second kappa shape index (κ2) is 8.91. The number of pyridine rings is 1. The number of aromatic nitrogens is 3. The van der Waals surface area contributed by atoms with Gasteiger partial charge in [0.1, 0.15) is 5.82 Å². The molecule has 3 heterocycles. The van der Waals surface area contributed by atoms with Crippen molar-refractivity contribution < 1.29 is 22.8 Å². The first-order chi connectivity index (χ1) is 17.5. The summed E-state index contributed by atoms with van der Waals surface area (Å²) < 4.78 is 44.0. The van der Waals surface area contributed by atoms with E-state index in [0.717, 1.165) is 0 Å². The zero-order chi connectivity index (χ0) is 26.5. The van der Waals surface area contributed by atoms with E-state index in [1.54, 1.807) is 48.4 Å². The van der Waals surface area contributed by atoms with E-state index in [9.17, 15) is 27.6 Å². The molecule has 0 saturated carbocycles. The van der Waals surface area contributed by atoms with Crippen molar-refractivity contribution in [3.8, 4) is 5.69 Å². The van der Waals surface area contributed by atoms with Crippen LogP contribution in [0.2, 0.25) is 0 Å². The van der Waals surface area contributed by atoms with Crippen LogP contribution in [0.4, 0.5) is 18.9 Å². The molecule has 0 aliphatic carbocycles. The summed E-state index contributed by atoms with van der Waals surface area (Å²) in [5.74, 6) is -6.00. The Morgan fingerprint density at radius 1 is 1.05 bits per heavy atom. The normalized spacial score (nSPS) is 18.0. The molecule has 0 spiro atoms. The molecule has 37 heavy (non-hydrogen) atoms. The maximum Gasteiger partial charge on any atom is 0.321 e. The first kappa shape index (κ1) is 24.3. The summed E-state index contributed by atoms with van der Waals surface area (Å²) in [5, 5.41) is 7.39. The zero-order valence-corrected chi connectivity index (χ0v) is 19.9. The highest BCUT2D eigenvalue weighted by Gasteiger charge is 2.45. The van der Waals surface area contributed by atoms with Crippen molar-refractivity contribution in [3.63, 3.8) is 0 Å². The van der Waals surface area contributed by atoms with Crippen molar-refractivity contribution in [2.75, 3.05) is 4.90 Å². The molecular weight excluding hydrogens is 487 g/mol. The third-order valence-electron chi connectivity index (χ3n) is 6.39. The smallest absolute Gasteiger partial charge is 0.321 e. The number of nitrogens with zero attached hydrogens (tertiary/aromatic N) is 4. The van der Waals surface area contributed by atoms with Crippen LogP contribution >= 0.6 is 0 Å². The van der Waals surface area contributed by atoms with Crippen LogP contribution in [0.25, 0.3) is 16.6 Å². The second-order valence-corrected chi connectivity index (χ2v) is 9.07. The molecule has 11 heteroatoms. The standard InChI is InChI=1S/C26H22F3N5O3/c1-26(28,29)25(37)31-20-12-23(36)33(24(20)15-3-5-17(27)6-4-15)18-7-9-21-16(11-18)13-30-34(21)19-8-10-22(35)32(2)14-19/h3-11,13-14,20,24H,12H2,1-2H3,(H,31,37)/t20-,24+/m0/s1. The van der Waals surface area contributed by atoms with Crippen LogP contribution in [0.15, 0.2) is 71.8 Å². The first-order valence-electron chi connectivity index (χ1n) is 11.4. The van der Waals surface area contributed by atoms with Gasteiger partial charge in [0.2, 0.25) is 11.5 Å². The summed E-state index contributed by atoms with van der Waals surface area (Å²) in [7, 11) is 1.63. The molecule has 4 aromatic rings. The van der Waals surface area contributed by atoms with Gasteiger partial charge in [-0.1, -0.05) is 12.1 Å². The lowest BCUT2D eigenvalue weighted by Gasteiger charge is -2.29. The van der Waals surface area contributed by atoms with E-state index in [0.29, 0.717) is 34.8 Å². The van der Waals surface area contributed by atoms with Gasteiger partial charge in [0, 0.05) is 43.7 Å². The summed E-state index contributed by atoms with van der Waals surface area (Å²) in [5.41, 5.74) is 2.16. The maximum absolute atomic E-state index is 13.6. The number of carbonyl (C=O) groups is 2. The number of fused-ring (bicyclic) bond motifs is 1. The highest BCUT2D eigenvalue weighted by molar-refractivity contribution is 6.00. The van der Waals surface area contributed by atoms with Crippen molar-refractivity contribution in [1.82, 2.24) is 19.7 Å². The van der Waals surface area contributed by atoms with Crippen LogP contribution in [0.1, 0.15) is 24.9 Å². The fourth-order valence-electron chi connectivity index (χ4n) is 4.58. The average molecular weight is 509 g/mol. The van der Waals surface area contributed by atoms with Gasteiger partial charge in [0.25, 0.3) is 5.91 Å². The summed E-state index contributed by atoms with van der Waals surface area (Å²) in [4.78, 5) is 38.4. The quantitative estimate of drug-likeness (QED) is 0.446. The Kier molecular flexibility index (Phi) is 5.85. The molecular formula is C26H22F3N5O3. The predicted molar refractivity (Wildman–Crippen MR) is 130 cm³/mol. The number of nitrogens with one attached hydrogen (secondary N) is 1. The maximum atomic E-state index is 13.6. The Hall–Kier alpha value is -4.41. The van der Waals surface area contributed by atoms with Crippen molar-refractivity contribution in [3.05, 3.63) is 88.7 Å². The molecule has 0 bridgehead atoms. The van der Waals surface area contributed by atoms with Crippen LogP contribution < -0.4 is 15.8 Å². The van der Waals surface area contributed by atoms with E-state index >= 15 is 0 Å². The summed E-state index contributed by atoms with van der Waals surface area (Å²) in [6, 6.07) is 11.8. The van der Waals surface area contributed by atoms with Crippen LogP contribution in [-0.4, -0.2) is 38.1 Å². The van der Waals surface area contributed by atoms with Gasteiger partial charge < -0.3 is 14.8 Å². The Labute approximate surface area is 208 Å². The number of aryl methyl sites for hydroxylation is 1. The Morgan fingerprint density at radius 2 is 1.76 bits per heavy atom. The Bertz CT molecular complexity index is 1570. The minimum absolute atomic E-state index is 0.163. The van der Waals surface area contributed by atoms with Gasteiger partial charge in [-0.25, -0.2) is 9.07 Å². The third-order valence-corrected chi connectivity index (χ3v) is 6.39.